The summed E-state index contributed by atoms with van der Waals surface area (Å²) in [6.45, 7) is 3.50. The molecule has 140 valence electrons. The third kappa shape index (κ3) is 4.19. The van der Waals surface area contributed by atoms with Crippen LogP contribution in [0.15, 0.2) is 48.5 Å². The predicted molar refractivity (Wildman–Crippen MR) is 108 cm³/mol. The number of ether oxygens (including phenoxy) is 1. The molecule has 27 heavy (non-hydrogen) atoms. The van der Waals surface area contributed by atoms with E-state index in [9.17, 15) is 9.59 Å². The van der Waals surface area contributed by atoms with E-state index in [0.717, 1.165) is 12.1 Å². The highest BCUT2D eigenvalue weighted by Gasteiger charge is 2.09. The second kappa shape index (κ2) is 8.54. The summed E-state index contributed by atoms with van der Waals surface area (Å²) in [7, 11) is 1.36. The minimum Gasteiger partial charge on any atom is -0.469 e. The zero-order valence-electron chi connectivity index (χ0n) is 15.7. The first-order valence-electron chi connectivity index (χ1n) is 9.17. The molecule has 0 saturated heterocycles. The van der Waals surface area contributed by atoms with Gasteiger partial charge in [0, 0.05) is 47.4 Å². The molecule has 0 radical (unpaired) electrons. The largest absolute Gasteiger partial charge is 0.469 e. The third-order valence-corrected chi connectivity index (χ3v) is 4.62. The average molecular weight is 364 g/mol. The fourth-order valence-electron chi connectivity index (χ4n) is 3.29. The SMILES string of the molecule is CCn1c2ccccc2c2cc(/C=C/C(=O)NCCCC(=O)OC)ccc21. The van der Waals surface area contributed by atoms with E-state index < -0.39 is 0 Å². The van der Waals surface area contributed by atoms with Crippen molar-refractivity contribution >= 4 is 39.8 Å². The van der Waals surface area contributed by atoms with Gasteiger partial charge in [-0.15, -0.1) is 0 Å². The molecular formula is C22H24N2O3. The fraction of sp³-hybridized carbons (Fsp3) is 0.273. The molecule has 5 nitrogen and oxygen atoms in total. The highest BCUT2D eigenvalue weighted by Crippen LogP contribution is 2.29. The predicted octanol–water partition coefficient (Wildman–Crippen LogP) is 3.90. The second-order valence-electron chi connectivity index (χ2n) is 6.34. The van der Waals surface area contributed by atoms with E-state index in [0.29, 0.717) is 19.4 Å². The number of nitrogens with one attached hydrogen (secondary N) is 1. The summed E-state index contributed by atoms with van der Waals surface area (Å²) in [6.07, 6.45) is 4.21. The second-order valence-corrected chi connectivity index (χ2v) is 6.34. The molecule has 2 aromatic carbocycles. The maximum atomic E-state index is 11.9. The van der Waals surface area contributed by atoms with Crippen molar-refractivity contribution in [1.82, 2.24) is 9.88 Å². The number of benzene rings is 2. The van der Waals surface area contributed by atoms with Crippen LogP contribution in [0.25, 0.3) is 27.9 Å². The summed E-state index contributed by atoms with van der Waals surface area (Å²) in [6, 6.07) is 14.6. The molecule has 3 aromatic rings. The van der Waals surface area contributed by atoms with E-state index in [1.165, 1.54) is 35.0 Å². The van der Waals surface area contributed by atoms with Gasteiger partial charge in [-0.2, -0.15) is 0 Å². The minimum atomic E-state index is -0.265. The molecular weight excluding hydrogens is 340 g/mol. The molecule has 1 N–H and O–H groups in total. The quantitative estimate of drug-likeness (QED) is 0.393. The van der Waals surface area contributed by atoms with Gasteiger partial charge in [-0.25, -0.2) is 0 Å². The van der Waals surface area contributed by atoms with Crippen molar-refractivity contribution in [3.05, 3.63) is 54.1 Å². The van der Waals surface area contributed by atoms with Gasteiger partial charge in [0.15, 0.2) is 0 Å². The normalized spacial score (nSPS) is 11.3. The molecule has 0 unspecified atom stereocenters. The number of carbonyl (C=O) groups is 2. The van der Waals surface area contributed by atoms with E-state index >= 15 is 0 Å². The summed E-state index contributed by atoms with van der Waals surface area (Å²) in [5, 5.41) is 5.18. The lowest BCUT2D eigenvalue weighted by atomic mass is 10.1. The highest BCUT2D eigenvalue weighted by atomic mass is 16.5. The summed E-state index contributed by atoms with van der Waals surface area (Å²) in [5.41, 5.74) is 3.40. The van der Waals surface area contributed by atoms with Crippen LogP contribution in [0.5, 0.6) is 0 Å². The summed E-state index contributed by atoms with van der Waals surface area (Å²) in [4.78, 5) is 23.0. The molecule has 5 heteroatoms. The molecule has 0 saturated carbocycles. The topological polar surface area (TPSA) is 60.3 Å². The lowest BCUT2D eigenvalue weighted by molar-refractivity contribution is -0.140. The van der Waals surface area contributed by atoms with E-state index in [-0.39, 0.29) is 11.9 Å². The average Bonchev–Trinajstić information content (AvgIpc) is 3.02. The summed E-state index contributed by atoms with van der Waals surface area (Å²) < 4.78 is 6.87. The molecule has 0 aliphatic rings. The number of hydrogen-bond acceptors (Lipinski definition) is 3. The van der Waals surface area contributed by atoms with Gasteiger partial charge in [0.25, 0.3) is 0 Å². The zero-order valence-corrected chi connectivity index (χ0v) is 15.7. The van der Waals surface area contributed by atoms with Gasteiger partial charge in [0.1, 0.15) is 0 Å². The number of fused-ring (bicyclic) bond motifs is 3. The molecule has 1 amide bonds. The van der Waals surface area contributed by atoms with Crippen molar-refractivity contribution in [3.63, 3.8) is 0 Å². The van der Waals surface area contributed by atoms with Gasteiger partial charge in [0.05, 0.1) is 7.11 Å². The summed E-state index contributed by atoms with van der Waals surface area (Å²) in [5.74, 6) is -0.435. The maximum absolute atomic E-state index is 11.9. The number of hydrogen-bond donors (Lipinski definition) is 1. The van der Waals surface area contributed by atoms with Crippen LogP contribution in [-0.2, 0) is 20.9 Å². The van der Waals surface area contributed by atoms with Crippen LogP contribution in [0.1, 0.15) is 25.3 Å². The van der Waals surface area contributed by atoms with E-state index in [1.807, 2.05) is 18.2 Å². The van der Waals surface area contributed by atoms with Crippen molar-refractivity contribution in [1.29, 1.82) is 0 Å². The first-order valence-corrected chi connectivity index (χ1v) is 9.17. The molecule has 0 aliphatic heterocycles. The van der Waals surface area contributed by atoms with Crippen LogP contribution in [0.4, 0.5) is 0 Å². The van der Waals surface area contributed by atoms with Crippen LogP contribution < -0.4 is 5.32 Å². The maximum Gasteiger partial charge on any atom is 0.305 e. The smallest absolute Gasteiger partial charge is 0.305 e. The number of para-hydroxylation sites is 1. The standard InChI is InChI=1S/C22H24N2O3/c1-3-24-19-8-5-4-7-17(19)18-15-16(10-12-20(18)24)11-13-21(25)23-14-6-9-22(26)27-2/h4-5,7-8,10-13,15H,3,6,9,14H2,1-2H3,(H,23,25)/b13-11+. The zero-order chi connectivity index (χ0) is 19.2. The Morgan fingerprint density at radius 3 is 2.67 bits per heavy atom. The Morgan fingerprint density at radius 2 is 1.89 bits per heavy atom. The number of carbonyl (C=O) groups excluding carboxylic acids is 2. The third-order valence-electron chi connectivity index (χ3n) is 4.62. The number of amides is 1. The van der Waals surface area contributed by atoms with Gasteiger partial charge in [-0.3, -0.25) is 9.59 Å². The molecule has 0 atom stereocenters. The Labute approximate surface area is 158 Å². The van der Waals surface area contributed by atoms with Crippen molar-refractivity contribution in [3.8, 4) is 0 Å². The van der Waals surface area contributed by atoms with Gasteiger partial charge >= 0.3 is 5.97 Å². The van der Waals surface area contributed by atoms with Crippen LogP contribution >= 0.6 is 0 Å². The lowest BCUT2D eigenvalue weighted by Crippen LogP contribution is -2.22. The monoisotopic (exact) mass is 364 g/mol. The summed E-state index contributed by atoms with van der Waals surface area (Å²) >= 11 is 0. The lowest BCUT2D eigenvalue weighted by Gasteiger charge is -2.03. The van der Waals surface area contributed by atoms with Gasteiger partial charge < -0.3 is 14.6 Å². The number of methoxy groups -OCH3 is 1. The molecule has 0 spiro atoms. The van der Waals surface area contributed by atoms with Gasteiger partial charge in [-0.1, -0.05) is 24.3 Å². The highest BCUT2D eigenvalue weighted by molar-refractivity contribution is 6.08. The van der Waals surface area contributed by atoms with Crippen molar-refractivity contribution in [2.45, 2.75) is 26.3 Å². The van der Waals surface area contributed by atoms with E-state index in [2.05, 4.69) is 51.9 Å². The molecule has 0 bridgehead atoms. The number of rotatable bonds is 7. The number of aryl methyl sites for hydroxylation is 1. The van der Waals surface area contributed by atoms with Crippen molar-refractivity contribution in [2.75, 3.05) is 13.7 Å². The Bertz CT molecular complexity index is 1000. The minimum absolute atomic E-state index is 0.170. The number of esters is 1. The Balaban J connectivity index is 1.72. The van der Waals surface area contributed by atoms with Gasteiger partial charge in [-0.05, 0) is 43.2 Å². The first kappa shape index (κ1) is 18.7. The molecule has 1 aromatic heterocycles. The van der Waals surface area contributed by atoms with Crippen LogP contribution in [0.2, 0.25) is 0 Å². The first-order chi connectivity index (χ1) is 13.1. The fourth-order valence-corrected chi connectivity index (χ4v) is 3.29. The van der Waals surface area contributed by atoms with E-state index in [1.54, 1.807) is 0 Å². The van der Waals surface area contributed by atoms with Crippen LogP contribution in [0, 0.1) is 0 Å². The van der Waals surface area contributed by atoms with E-state index in [4.69, 9.17) is 0 Å². The number of aromatic nitrogens is 1. The number of nitrogens with zero attached hydrogens (tertiary/aromatic N) is 1. The molecule has 0 aliphatic carbocycles. The van der Waals surface area contributed by atoms with Crippen molar-refractivity contribution in [2.24, 2.45) is 0 Å². The van der Waals surface area contributed by atoms with Crippen molar-refractivity contribution < 1.29 is 14.3 Å². The van der Waals surface area contributed by atoms with Gasteiger partial charge in [0.2, 0.25) is 5.91 Å². The van der Waals surface area contributed by atoms with Crippen LogP contribution in [-0.4, -0.2) is 30.1 Å². The van der Waals surface area contributed by atoms with Crippen LogP contribution in [0.3, 0.4) is 0 Å². The molecule has 3 rings (SSSR count). The Morgan fingerprint density at radius 1 is 1.11 bits per heavy atom. The molecule has 0 fully saturated rings. The Kier molecular flexibility index (Phi) is 5.91. The molecule has 1 heterocycles. The Hall–Kier alpha value is -3.08.